The van der Waals surface area contributed by atoms with E-state index in [0.717, 1.165) is 0 Å². The minimum absolute atomic E-state index is 0.0614. The molecule has 0 radical (unpaired) electrons. The van der Waals surface area contributed by atoms with Crippen LogP contribution in [0.25, 0.3) is 5.69 Å². The average Bonchev–Trinajstić information content (AvgIpc) is 3.01. The predicted octanol–water partition coefficient (Wildman–Crippen LogP) is 4.32. The second kappa shape index (κ2) is 8.29. The molecule has 2 aromatic carbocycles. The number of nitro groups is 2. The van der Waals surface area contributed by atoms with Crippen molar-refractivity contribution in [3.05, 3.63) is 90.2 Å². The van der Waals surface area contributed by atoms with E-state index in [1.165, 1.54) is 48.0 Å². The maximum absolute atomic E-state index is 12.5. The highest BCUT2D eigenvalue weighted by Crippen LogP contribution is 2.27. The summed E-state index contributed by atoms with van der Waals surface area (Å²) >= 11 is 6.13. The Kier molecular flexibility index (Phi) is 5.79. The van der Waals surface area contributed by atoms with Crippen molar-refractivity contribution in [2.75, 3.05) is 0 Å². The summed E-state index contributed by atoms with van der Waals surface area (Å²) in [6.07, 6.45) is 0. The summed E-state index contributed by atoms with van der Waals surface area (Å²) in [7, 11) is 0. The Morgan fingerprint density at radius 2 is 1.77 bits per heavy atom. The Hall–Kier alpha value is -3.79. The van der Waals surface area contributed by atoms with Gasteiger partial charge in [0.05, 0.1) is 26.1 Å². The standard InChI is InChI=1S/C19H15ClN4O6/c1-11-18(24(28)29)12(2)22(21-11)15-7-8-17(20)16(9-15)19(25)30-10-13-3-5-14(6-4-13)23(26)27/h3-9H,10H2,1-2H3. The smallest absolute Gasteiger partial charge is 0.340 e. The number of aromatic nitrogens is 2. The lowest BCUT2D eigenvalue weighted by Crippen LogP contribution is -2.08. The summed E-state index contributed by atoms with van der Waals surface area (Å²) in [5, 5.41) is 26.2. The molecule has 11 heteroatoms. The minimum Gasteiger partial charge on any atom is -0.457 e. The largest absolute Gasteiger partial charge is 0.457 e. The fourth-order valence-electron chi connectivity index (χ4n) is 2.89. The van der Waals surface area contributed by atoms with Crippen LogP contribution in [0.2, 0.25) is 5.02 Å². The molecule has 0 saturated heterocycles. The molecule has 0 fully saturated rings. The van der Waals surface area contributed by atoms with Gasteiger partial charge in [0.25, 0.3) is 5.69 Å². The molecule has 1 heterocycles. The van der Waals surface area contributed by atoms with Gasteiger partial charge in [0.2, 0.25) is 0 Å². The van der Waals surface area contributed by atoms with Crippen LogP contribution < -0.4 is 0 Å². The number of benzene rings is 2. The minimum atomic E-state index is -0.712. The maximum Gasteiger partial charge on any atom is 0.340 e. The van der Waals surface area contributed by atoms with E-state index in [-0.39, 0.29) is 34.3 Å². The molecule has 0 aliphatic rings. The number of ether oxygens (including phenoxy) is 1. The SMILES string of the molecule is Cc1nn(-c2ccc(Cl)c(C(=O)OCc3ccc([N+](=O)[O-])cc3)c2)c(C)c1[N+](=O)[O-]. The lowest BCUT2D eigenvalue weighted by atomic mass is 10.2. The highest BCUT2D eigenvalue weighted by molar-refractivity contribution is 6.33. The van der Waals surface area contributed by atoms with E-state index in [9.17, 15) is 25.0 Å². The van der Waals surface area contributed by atoms with Crippen LogP contribution in [-0.2, 0) is 11.3 Å². The second-order valence-electron chi connectivity index (χ2n) is 6.35. The molecule has 154 valence electrons. The number of aryl methyl sites for hydroxylation is 1. The Morgan fingerprint density at radius 1 is 1.10 bits per heavy atom. The van der Waals surface area contributed by atoms with E-state index in [4.69, 9.17) is 16.3 Å². The van der Waals surface area contributed by atoms with Crippen LogP contribution in [0.5, 0.6) is 0 Å². The summed E-state index contributed by atoms with van der Waals surface area (Å²) in [5.74, 6) is -0.712. The monoisotopic (exact) mass is 430 g/mol. The molecule has 0 spiro atoms. The number of hydrogen-bond donors (Lipinski definition) is 0. The summed E-state index contributed by atoms with van der Waals surface area (Å²) < 4.78 is 6.61. The predicted molar refractivity (Wildman–Crippen MR) is 107 cm³/mol. The van der Waals surface area contributed by atoms with Crippen LogP contribution in [0.15, 0.2) is 42.5 Å². The van der Waals surface area contributed by atoms with Crippen molar-refractivity contribution in [1.29, 1.82) is 0 Å². The zero-order chi connectivity index (χ0) is 22.0. The van der Waals surface area contributed by atoms with E-state index >= 15 is 0 Å². The van der Waals surface area contributed by atoms with Crippen molar-refractivity contribution < 1.29 is 19.4 Å². The van der Waals surface area contributed by atoms with Gasteiger partial charge in [-0.2, -0.15) is 5.10 Å². The van der Waals surface area contributed by atoms with Gasteiger partial charge in [-0.05, 0) is 49.7 Å². The molecule has 1 aromatic heterocycles. The molecule has 30 heavy (non-hydrogen) atoms. The lowest BCUT2D eigenvalue weighted by Gasteiger charge is -2.09. The molecule has 0 N–H and O–H groups in total. The van der Waals surface area contributed by atoms with Crippen molar-refractivity contribution in [1.82, 2.24) is 9.78 Å². The summed E-state index contributed by atoms with van der Waals surface area (Å²) in [6.45, 7) is 2.97. The van der Waals surface area contributed by atoms with E-state index in [1.54, 1.807) is 13.0 Å². The number of non-ortho nitro benzene ring substituents is 1. The summed E-state index contributed by atoms with van der Waals surface area (Å²) in [6, 6.07) is 10.1. The van der Waals surface area contributed by atoms with Crippen LogP contribution in [0.1, 0.15) is 27.3 Å². The molecule has 0 amide bonds. The third kappa shape index (κ3) is 4.13. The van der Waals surface area contributed by atoms with Crippen LogP contribution in [0.4, 0.5) is 11.4 Å². The highest BCUT2D eigenvalue weighted by Gasteiger charge is 2.23. The van der Waals surface area contributed by atoms with E-state index in [2.05, 4.69) is 5.10 Å². The highest BCUT2D eigenvalue weighted by atomic mass is 35.5. The van der Waals surface area contributed by atoms with Gasteiger partial charge in [0.15, 0.2) is 0 Å². The zero-order valence-electron chi connectivity index (χ0n) is 15.9. The van der Waals surface area contributed by atoms with Gasteiger partial charge >= 0.3 is 11.7 Å². The molecule has 3 rings (SSSR count). The Labute approximate surface area is 174 Å². The van der Waals surface area contributed by atoms with Gasteiger partial charge < -0.3 is 4.74 Å². The number of rotatable bonds is 6. The number of hydrogen-bond acceptors (Lipinski definition) is 7. The molecule has 0 aliphatic heterocycles. The van der Waals surface area contributed by atoms with Crippen molar-refractivity contribution in [2.24, 2.45) is 0 Å². The van der Waals surface area contributed by atoms with Gasteiger partial charge in [0, 0.05) is 12.1 Å². The van der Waals surface area contributed by atoms with E-state index in [0.29, 0.717) is 16.9 Å². The first-order chi connectivity index (χ1) is 14.2. The molecule has 0 atom stereocenters. The number of esters is 1. The Bertz CT molecular complexity index is 1160. The van der Waals surface area contributed by atoms with Crippen LogP contribution >= 0.6 is 11.6 Å². The Balaban J connectivity index is 1.83. The van der Waals surface area contributed by atoms with Gasteiger partial charge in [-0.15, -0.1) is 0 Å². The topological polar surface area (TPSA) is 130 Å². The lowest BCUT2D eigenvalue weighted by molar-refractivity contribution is -0.386. The number of nitro benzene ring substituents is 1. The van der Waals surface area contributed by atoms with Crippen molar-refractivity contribution in [3.63, 3.8) is 0 Å². The molecule has 0 bridgehead atoms. The van der Waals surface area contributed by atoms with Crippen molar-refractivity contribution in [3.8, 4) is 5.69 Å². The first-order valence-corrected chi connectivity index (χ1v) is 8.98. The van der Waals surface area contributed by atoms with Gasteiger partial charge in [-0.3, -0.25) is 20.2 Å². The fraction of sp³-hybridized carbons (Fsp3) is 0.158. The molecular weight excluding hydrogens is 416 g/mol. The van der Waals surface area contributed by atoms with Gasteiger partial charge in [-0.1, -0.05) is 11.6 Å². The first-order valence-electron chi connectivity index (χ1n) is 8.60. The average molecular weight is 431 g/mol. The second-order valence-corrected chi connectivity index (χ2v) is 6.76. The number of carbonyl (C=O) groups is 1. The Morgan fingerprint density at radius 3 is 2.33 bits per heavy atom. The van der Waals surface area contributed by atoms with Crippen LogP contribution in [0, 0.1) is 34.1 Å². The molecule has 3 aromatic rings. The van der Waals surface area contributed by atoms with Crippen molar-refractivity contribution in [2.45, 2.75) is 20.5 Å². The van der Waals surface area contributed by atoms with Gasteiger partial charge in [0.1, 0.15) is 18.0 Å². The summed E-state index contributed by atoms with van der Waals surface area (Å²) in [4.78, 5) is 33.4. The molecule has 0 unspecified atom stereocenters. The van der Waals surface area contributed by atoms with E-state index < -0.39 is 15.8 Å². The fourth-order valence-corrected chi connectivity index (χ4v) is 3.09. The van der Waals surface area contributed by atoms with Crippen LogP contribution in [-0.4, -0.2) is 25.6 Å². The maximum atomic E-state index is 12.5. The molecule has 0 saturated carbocycles. The first kappa shape index (κ1) is 20.9. The third-order valence-corrected chi connectivity index (χ3v) is 4.70. The number of carbonyl (C=O) groups excluding carboxylic acids is 1. The zero-order valence-corrected chi connectivity index (χ0v) is 16.6. The quantitative estimate of drug-likeness (QED) is 0.323. The number of nitrogens with zero attached hydrogens (tertiary/aromatic N) is 4. The van der Waals surface area contributed by atoms with E-state index in [1.807, 2.05) is 0 Å². The normalized spacial score (nSPS) is 10.6. The summed E-state index contributed by atoms with van der Waals surface area (Å²) in [5.41, 5.74) is 1.42. The molecule has 10 nitrogen and oxygen atoms in total. The third-order valence-electron chi connectivity index (χ3n) is 4.37. The number of halogens is 1. The van der Waals surface area contributed by atoms with Gasteiger partial charge in [-0.25, -0.2) is 9.48 Å². The molecule has 0 aliphatic carbocycles. The van der Waals surface area contributed by atoms with Crippen LogP contribution in [0.3, 0.4) is 0 Å². The van der Waals surface area contributed by atoms with Crippen molar-refractivity contribution >= 4 is 28.9 Å². The molecular formula is C19H15ClN4O6.